The third-order valence-electron chi connectivity index (χ3n) is 3.92. The topological polar surface area (TPSA) is 24.5 Å². The second kappa shape index (κ2) is 7.72. The van der Waals surface area contributed by atoms with Gasteiger partial charge in [-0.05, 0) is 30.7 Å². The maximum Gasteiger partial charge on any atom is 0.123 e. The van der Waals surface area contributed by atoms with Crippen molar-refractivity contribution in [3.05, 3.63) is 35.6 Å². The molecule has 0 spiro atoms. The molecule has 0 aromatic heterocycles. The molecule has 1 heterocycles. The van der Waals surface area contributed by atoms with Crippen LogP contribution in [-0.4, -0.2) is 43.8 Å². The highest BCUT2D eigenvalue weighted by Gasteiger charge is 2.20. The van der Waals surface area contributed by atoms with Gasteiger partial charge in [-0.1, -0.05) is 26.0 Å². The standard InChI is InChI=1S/C16H25FN2O/c1-3-16(13-6-5-7-14(17)10-13)18-11-15-12-19(4-2)8-9-20-15/h5-7,10,15-16,18H,3-4,8-9,11-12H2,1-2H3. The number of hydrogen-bond donors (Lipinski definition) is 1. The van der Waals surface area contributed by atoms with Crippen LogP contribution >= 0.6 is 0 Å². The first-order valence-electron chi connectivity index (χ1n) is 7.55. The summed E-state index contributed by atoms with van der Waals surface area (Å²) in [5.74, 6) is -0.172. The molecule has 0 radical (unpaired) electrons. The number of nitrogens with one attached hydrogen (secondary N) is 1. The van der Waals surface area contributed by atoms with Crippen LogP contribution < -0.4 is 5.32 Å². The molecule has 1 aliphatic rings. The van der Waals surface area contributed by atoms with Crippen molar-refractivity contribution in [3.8, 4) is 0 Å². The van der Waals surface area contributed by atoms with Crippen LogP contribution in [0.2, 0.25) is 0 Å². The van der Waals surface area contributed by atoms with Crippen LogP contribution in [0.1, 0.15) is 31.9 Å². The molecule has 1 aromatic rings. The summed E-state index contributed by atoms with van der Waals surface area (Å²) in [6, 6.07) is 7.03. The lowest BCUT2D eigenvalue weighted by atomic mass is 10.0. The van der Waals surface area contributed by atoms with E-state index in [1.807, 2.05) is 6.07 Å². The number of morpholine rings is 1. The minimum absolute atomic E-state index is 0.172. The van der Waals surface area contributed by atoms with E-state index in [4.69, 9.17) is 4.74 Å². The average Bonchev–Trinajstić information content (AvgIpc) is 2.48. The smallest absolute Gasteiger partial charge is 0.123 e. The van der Waals surface area contributed by atoms with Gasteiger partial charge in [-0.25, -0.2) is 4.39 Å². The van der Waals surface area contributed by atoms with E-state index in [-0.39, 0.29) is 18.0 Å². The van der Waals surface area contributed by atoms with Crippen molar-refractivity contribution in [2.75, 3.05) is 32.8 Å². The Labute approximate surface area is 121 Å². The number of hydrogen-bond acceptors (Lipinski definition) is 3. The Kier molecular flexibility index (Phi) is 5.95. The van der Waals surface area contributed by atoms with Crippen molar-refractivity contribution >= 4 is 0 Å². The minimum Gasteiger partial charge on any atom is -0.374 e. The molecule has 1 saturated heterocycles. The first-order valence-corrected chi connectivity index (χ1v) is 7.55. The zero-order valence-electron chi connectivity index (χ0n) is 12.4. The molecule has 1 aromatic carbocycles. The first kappa shape index (κ1) is 15.4. The molecule has 0 amide bonds. The number of nitrogens with zero attached hydrogens (tertiary/aromatic N) is 1. The average molecular weight is 280 g/mol. The summed E-state index contributed by atoms with van der Waals surface area (Å²) < 4.78 is 19.1. The van der Waals surface area contributed by atoms with Gasteiger partial charge in [0.1, 0.15) is 5.82 Å². The van der Waals surface area contributed by atoms with Gasteiger partial charge in [0.25, 0.3) is 0 Å². The number of likely N-dealkylation sites (N-methyl/N-ethyl adjacent to an activating group) is 1. The molecule has 2 unspecified atom stereocenters. The van der Waals surface area contributed by atoms with Crippen LogP contribution in [0.4, 0.5) is 4.39 Å². The van der Waals surface area contributed by atoms with Crippen LogP contribution in [0.15, 0.2) is 24.3 Å². The maximum atomic E-state index is 13.3. The van der Waals surface area contributed by atoms with E-state index >= 15 is 0 Å². The van der Waals surface area contributed by atoms with Gasteiger partial charge in [0.15, 0.2) is 0 Å². The molecular formula is C16H25FN2O. The molecule has 3 nitrogen and oxygen atoms in total. The molecule has 20 heavy (non-hydrogen) atoms. The number of ether oxygens (including phenoxy) is 1. The Morgan fingerprint density at radius 1 is 1.45 bits per heavy atom. The molecule has 4 heteroatoms. The van der Waals surface area contributed by atoms with E-state index in [0.717, 1.165) is 44.8 Å². The van der Waals surface area contributed by atoms with Crippen molar-refractivity contribution < 1.29 is 9.13 Å². The number of rotatable bonds is 6. The van der Waals surface area contributed by atoms with E-state index in [1.54, 1.807) is 12.1 Å². The number of halogens is 1. The summed E-state index contributed by atoms with van der Waals surface area (Å²) >= 11 is 0. The SMILES string of the molecule is CCC(NCC1CN(CC)CCO1)c1cccc(F)c1. The fraction of sp³-hybridized carbons (Fsp3) is 0.625. The lowest BCUT2D eigenvalue weighted by Crippen LogP contribution is -2.46. The van der Waals surface area contributed by atoms with E-state index in [2.05, 4.69) is 24.1 Å². The maximum absolute atomic E-state index is 13.3. The first-order chi connectivity index (χ1) is 9.72. The van der Waals surface area contributed by atoms with Crippen LogP contribution in [0, 0.1) is 5.82 Å². The van der Waals surface area contributed by atoms with Gasteiger partial charge in [0.2, 0.25) is 0 Å². The Balaban J connectivity index is 1.87. The highest BCUT2D eigenvalue weighted by Crippen LogP contribution is 2.17. The highest BCUT2D eigenvalue weighted by atomic mass is 19.1. The molecule has 0 bridgehead atoms. The quantitative estimate of drug-likeness (QED) is 0.867. The van der Waals surface area contributed by atoms with Gasteiger partial charge in [-0.2, -0.15) is 0 Å². The summed E-state index contributed by atoms with van der Waals surface area (Å²) in [6.45, 7) is 8.97. The van der Waals surface area contributed by atoms with Crippen molar-refractivity contribution in [1.82, 2.24) is 10.2 Å². The van der Waals surface area contributed by atoms with Crippen LogP contribution in [-0.2, 0) is 4.74 Å². The normalized spacial score (nSPS) is 21.9. The molecule has 2 rings (SSSR count). The van der Waals surface area contributed by atoms with Crippen LogP contribution in [0.25, 0.3) is 0 Å². The largest absolute Gasteiger partial charge is 0.374 e. The van der Waals surface area contributed by atoms with Crippen molar-refractivity contribution in [1.29, 1.82) is 0 Å². The lowest BCUT2D eigenvalue weighted by molar-refractivity contribution is -0.0264. The molecule has 0 aliphatic carbocycles. The minimum atomic E-state index is -0.172. The summed E-state index contributed by atoms with van der Waals surface area (Å²) in [5.41, 5.74) is 1.01. The van der Waals surface area contributed by atoms with Gasteiger partial charge < -0.3 is 10.1 Å². The summed E-state index contributed by atoms with van der Waals surface area (Å²) in [6.07, 6.45) is 1.17. The van der Waals surface area contributed by atoms with Gasteiger partial charge in [-0.15, -0.1) is 0 Å². The summed E-state index contributed by atoms with van der Waals surface area (Å²) in [7, 11) is 0. The predicted octanol–water partition coefficient (Wildman–Crippen LogP) is 2.59. The van der Waals surface area contributed by atoms with E-state index in [1.165, 1.54) is 6.07 Å². The molecule has 1 N–H and O–H groups in total. The molecule has 1 fully saturated rings. The van der Waals surface area contributed by atoms with Crippen LogP contribution in [0.3, 0.4) is 0 Å². The van der Waals surface area contributed by atoms with Crippen molar-refractivity contribution in [2.45, 2.75) is 32.4 Å². The molecule has 112 valence electrons. The Hall–Kier alpha value is -0.970. The zero-order chi connectivity index (χ0) is 14.4. The van der Waals surface area contributed by atoms with E-state index < -0.39 is 0 Å². The van der Waals surface area contributed by atoms with Crippen molar-refractivity contribution in [3.63, 3.8) is 0 Å². The lowest BCUT2D eigenvalue weighted by Gasteiger charge is -2.33. The Morgan fingerprint density at radius 2 is 2.30 bits per heavy atom. The second-order valence-electron chi connectivity index (χ2n) is 5.31. The zero-order valence-corrected chi connectivity index (χ0v) is 12.4. The predicted molar refractivity (Wildman–Crippen MR) is 79.3 cm³/mol. The molecular weight excluding hydrogens is 255 g/mol. The fourth-order valence-electron chi connectivity index (χ4n) is 2.69. The van der Waals surface area contributed by atoms with Crippen LogP contribution in [0.5, 0.6) is 0 Å². The van der Waals surface area contributed by atoms with Gasteiger partial charge in [0, 0.05) is 25.7 Å². The van der Waals surface area contributed by atoms with E-state index in [9.17, 15) is 4.39 Å². The van der Waals surface area contributed by atoms with Gasteiger partial charge in [0.05, 0.1) is 12.7 Å². The van der Waals surface area contributed by atoms with E-state index in [0.29, 0.717) is 0 Å². The molecule has 0 saturated carbocycles. The highest BCUT2D eigenvalue weighted by molar-refractivity contribution is 5.20. The molecule has 2 atom stereocenters. The van der Waals surface area contributed by atoms with Gasteiger partial charge in [-0.3, -0.25) is 4.90 Å². The summed E-state index contributed by atoms with van der Waals surface area (Å²) in [4.78, 5) is 2.40. The molecule has 1 aliphatic heterocycles. The number of benzene rings is 1. The Morgan fingerprint density at radius 3 is 3.00 bits per heavy atom. The monoisotopic (exact) mass is 280 g/mol. The van der Waals surface area contributed by atoms with Crippen molar-refractivity contribution in [2.24, 2.45) is 0 Å². The fourth-order valence-corrected chi connectivity index (χ4v) is 2.69. The summed E-state index contributed by atoms with van der Waals surface area (Å²) in [5, 5.41) is 3.51. The third kappa shape index (κ3) is 4.27. The van der Waals surface area contributed by atoms with Gasteiger partial charge >= 0.3 is 0 Å². The third-order valence-corrected chi connectivity index (χ3v) is 3.92. The Bertz CT molecular complexity index is 413. The second-order valence-corrected chi connectivity index (χ2v) is 5.31.